The number of furan rings is 3. The van der Waals surface area contributed by atoms with Gasteiger partial charge in [0.2, 0.25) is 0 Å². The van der Waals surface area contributed by atoms with Gasteiger partial charge in [-0.2, -0.15) is 0 Å². The largest absolute Gasteiger partial charge is 0.456 e. The van der Waals surface area contributed by atoms with Crippen LogP contribution in [0.4, 0.5) is 17.1 Å². The molecule has 0 bridgehead atoms. The van der Waals surface area contributed by atoms with Crippen molar-refractivity contribution in [3.63, 3.8) is 0 Å². The van der Waals surface area contributed by atoms with Crippen LogP contribution in [0.2, 0.25) is 0 Å². The first-order chi connectivity index (χ1) is 24.7. The Bertz CT molecular complexity index is 2990. The maximum Gasteiger partial charge on any atom is 0.136 e. The standard InChI is InChI=1S/C46H27NO3/c1-6-12-43-35(7-1)38-24-31-23-29(13-14-30(31)25-46(38)50-43)28-15-17-32(18-16-28)47(33-19-21-44-39(26-33)36-8-2-4-10-41(36)48-44)34-20-22-45-40(27-34)37-9-3-5-11-42(37)49-45/h1-27H. The number of para-hydroxylation sites is 3. The highest BCUT2D eigenvalue weighted by molar-refractivity contribution is 6.11. The summed E-state index contributed by atoms with van der Waals surface area (Å²) in [5.41, 5.74) is 10.8. The van der Waals surface area contributed by atoms with Crippen molar-refractivity contribution in [3.05, 3.63) is 164 Å². The molecule has 234 valence electrons. The fourth-order valence-corrected chi connectivity index (χ4v) is 7.60. The molecule has 0 aliphatic rings. The van der Waals surface area contributed by atoms with E-state index in [0.717, 1.165) is 93.8 Å². The fourth-order valence-electron chi connectivity index (χ4n) is 7.60. The molecule has 3 heterocycles. The molecule has 0 fully saturated rings. The van der Waals surface area contributed by atoms with E-state index in [1.165, 1.54) is 10.9 Å². The van der Waals surface area contributed by atoms with Crippen LogP contribution in [0.25, 0.3) is 87.7 Å². The van der Waals surface area contributed by atoms with Crippen molar-refractivity contribution >= 4 is 93.7 Å². The molecule has 0 unspecified atom stereocenters. The summed E-state index contributed by atoms with van der Waals surface area (Å²) in [6.45, 7) is 0. The Labute approximate surface area is 286 Å². The summed E-state index contributed by atoms with van der Waals surface area (Å²) in [4.78, 5) is 2.31. The van der Waals surface area contributed by atoms with Gasteiger partial charge in [-0.15, -0.1) is 0 Å². The van der Waals surface area contributed by atoms with Gasteiger partial charge in [-0.3, -0.25) is 0 Å². The van der Waals surface area contributed by atoms with Gasteiger partial charge in [-0.25, -0.2) is 0 Å². The van der Waals surface area contributed by atoms with Crippen LogP contribution in [0.3, 0.4) is 0 Å². The lowest BCUT2D eigenvalue weighted by atomic mass is 9.99. The second-order valence-electron chi connectivity index (χ2n) is 12.9. The van der Waals surface area contributed by atoms with E-state index in [2.05, 4.69) is 132 Å². The Morgan fingerprint density at radius 1 is 0.280 bits per heavy atom. The lowest BCUT2D eigenvalue weighted by molar-refractivity contribution is 0.668. The predicted octanol–water partition coefficient (Wildman–Crippen LogP) is 13.7. The third kappa shape index (κ3) is 4.12. The van der Waals surface area contributed by atoms with E-state index in [9.17, 15) is 0 Å². The average Bonchev–Trinajstić information content (AvgIpc) is 3.85. The molecule has 0 aliphatic carbocycles. The minimum absolute atomic E-state index is 0.874. The van der Waals surface area contributed by atoms with Gasteiger partial charge in [0.15, 0.2) is 0 Å². The number of benzene rings is 8. The lowest BCUT2D eigenvalue weighted by Gasteiger charge is -2.26. The number of fused-ring (bicyclic) bond motifs is 10. The smallest absolute Gasteiger partial charge is 0.136 e. The fraction of sp³-hybridized carbons (Fsp3) is 0. The van der Waals surface area contributed by atoms with E-state index in [4.69, 9.17) is 13.3 Å². The molecule has 0 aliphatic heterocycles. The van der Waals surface area contributed by atoms with Crippen LogP contribution in [-0.2, 0) is 0 Å². The molecule has 0 radical (unpaired) electrons. The van der Waals surface area contributed by atoms with E-state index in [1.54, 1.807) is 0 Å². The summed E-state index contributed by atoms with van der Waals surface area (Å²) >= 11 is 0. The maximum atomic E-state index is 6.19. The summed E-state index contributed by atoms with van der Waals surface area (Å²) in [5, 5.41) is 9.01. The number of rotatable bonds is 4. The van der Waals surface area contributed by atoms with Gasteiger partial charge in [0.05, 0.1) is 0 Å². The van der Waals surface area contributed by atoms with Crippen molar-refractivity contribution in [2.45, 2.75) is 0 Å². The van der Waals surface area contributed by atoms with E-state index in [0.29, 0.717) is 0 Å². The molecule has 50 heavy (non-hydrogen) atoms. The van der Waals surface area contributed by atoms with Crippen molar-refractivity contribution in [2.24, 2.45) is 0 Å². The average molecular weight is 642 g/mol. The lowest BCUT2D eigenvalue weighted by Crippen LogP contribution is -2.09. The van der Waals surface area contributed by atoms with Crippen molar-refractivity contribution in [1.82, 2.24) is 0 Å². The molecule has 0 atom stereocenters. The monoisotopic (exact) mass is 641 g/mol. The van der Waals surface area contributed by atoms with Gasteiger partial charge in [-0.1, -0.05) is 78.9 Å². The first kappa shape index (κ1) is 27.2. The van der Waals surface area contributed by atoms with Gasteiger partial charge in [-0.05, 0) is 107 Å². The molecule has 3 aromatic heterocycles. The molecule has 0 N–H and O–H groups in total. The second kappa shape index (κ2) is 10.4. The van der Waals surface area contributed by atoms with Crippen LogP contribution in [0.1, 0.15) is 0 Å². The number of hydrogen-bond donors (Lipinski definition) is 0. The molecule has 11 aromatic rings. The normalized spacial score (nSPS) is 12.0. The Hall–Kier alpha value is -6.78. The number of anilines is 3. The summed E-state index contributed by atoms with van der Waals surface area (Å²) < 4.78 is 18.5. The summed E-state index contributed by atoms with van der Waals surface area (Å²) in [6, 6.07) is 57.5. The van der Waals surface area contributed by atoms with Gasteiger partial charge in [0.1, 0.15) is 33.5 Å². The zero-order valence-electron chi connectivity index (χ0n) is 26.8. The van der Waals surface area contributed by atoms with Crippen LogP contribution < -0.4 is 4.90 Å². The van der Waals surface area contributed by atoms with Crippen LogP contribution in [0.15, 0.2) is 177 Å². The third-order valence-electron chi connectivity index (χ3n) is 10.0. The summed E-state index contributed by atoms with van der Waals surface area (Å²) in [7, 11) is 0. The van der Waals surface area contributed by atoms with Gasteiger partial charge < -0.3 is 18.2 Å². The molecular formula is C46H27NO3. The first-order valence-electron chi connectivity index (χ1n) is 16.8. The van der Waals surface area contributed by atoms with Crippen LogP contribution >= 0.6 is 0 Å². The molecule has 0 saturated heterocycles. The Balaban J connectivity index is 1.05. The molecule has 4 heteroatoms. The topological polar surface area (TPSA) is 42.7 Å². The zero-order chi connectivity index (χ0) is 32.8. The number of hydrogen-bond acceptors (Lipinski definition) is 4. The van der Waals surface area contributed by atoms with Crippen LogP contribution in [-0.4, -0.2) is 0 Å². The quantitative estimate of drug-likeness (QED) is 0.192. The van der Waals surface area contributed by atoms with Gasteiger partial charge >= 0.3 is 0 Å². The molecule has 11 rings (SSSR count). The van der Waals surface area contributed by atoms with Crippen LogP contribution in [0, 0.1) is 0 Å². The summed E-state index contributed by atoms with van der Waals surface area (Å²) in [5.74, 6) is 0. The molecular weight excluding hydrogens is 615 g/mol. The summed E-state index contributed by atoms with van der Waals surface area (Å²) in [6.07, 6.45) is 0. The Morgan fingerprint density at radius 3 is 1.32 bits per heavy atom. The second-order valence-corrected chi connectivity index (χ2v) is 12.9. The highest BCUT2D eigenvalue weighted by Crippen LogP contribution is 2.42. The maximum absolute atomic E-state index is 6.19. The highest BCUT2D eigenvalue weighted by atomic mass is 16.3. The Kier molecular flexibility index (Phi) is 5.63. The zero-order valence-corrected chi connectivity index (χ0v) is 26.8. The van der Waals surface area contributed by atoms with E-state index >= 15 is 0 Å². The van der Waals surface area contributed by atoms with Crippen molar-refractivity contribution in [1.29, 1.82) is 0 Å². The van der Waals surface area contributed by atoms with Gasteiger partial charge in [0, 0.05) is 49.4 Å². The molecule has 0 saturated carbocycles. The van der Waals surface area contributed by atoms with Crippen molar-refractivity contribution in [2.75, 3.05) is 4.90 Å². The predicted molar refractivity (Wildman–Crippen MR) is 206 cm³/mol. The van der Waals surface area contributed by atoms with E-state index < -0.39 is 0 Å². The molecule has 0 spiro atoms. The molecule has 0 amide bonds. The van der Waals surface area contributed by atoms with Crippen molar-refractivity contribution in [3.8, 4) is 11.1 Å². The molecule has 8 aromatic carbocycles. The van der Waals surface area contributed by atoms with E-state index in [1.807, 2.05) is 36.4 Å². The highest BCUT2D eigenvalue weighted by Gasteiger charge is 2.18. The third-order valence-corrected chi connectivity index (χ3v) is 10.0. The number of nitrogens with zero attached hydrogens (tertiary/aromatic N) is 1. The Morgan fingerprint density at radius 2 is 0.740 bits per heavy atom. The first-order valence-corrected chi connectivity index (χ1v) is 16.8. The van der Waals surface area contributed by atoms with Crippen LogP contribution in [0.5, 0.6) is 0 Å². The molecule has 4 nitrogen and oxygen atoms in total. The van der Waals surface area contributed by atoms with E-state index in [-0.39, 0.29) is 0 Å². The SMILES string of the molecule is c1ccc2c(c1)oc1ccc(N(c3ccc(-c4ccc5cc6oc7ccccc7c6cc5c4)cc3)c3ccc4oc5ccccc5c4c3)cc12. The minimum atomic E-state index is 0.874. The van der Waals surface area contributed by atoms with Crippen molar-refractivity contribution < 1.29 is 13.3 Å². The van der Waals surface area contributed by atoms with Gasteiger partial charge in [0.25, 0.3) is 0 Å². The minimum Gasteiger partial charge on any atom is -0.456 e.